The highest BCUT2D eigenvalue weighted by Gasteiger charge is 2.58. The van der Waals surface area contributed by atoms with Crippen LogP contribution in [0.1, 0.15) is 63.7 Å². The number of carbonyl (C=O) groups is 1. The third-order valence-corrected chi connectivity index (χ3v) is 6.42. The largest absolute Gasteiger partial charge is 0.494 e. The molecule has 0 atom stereocenters. The van der Waals surface area contributed by atoms with Crippen LogP contribution in [0.15, 0.2) is 24.3 Å². The van der Waals surface area contributed by atoms with E-state index in [1.54, 1.807) is 4.90 Å². The molecule has 0 bridgehead atoms. The lowest BCUT2D eigenvalue weighted by molar-refractivity contribution is -0.0601. The molecule has 6 heteroatoms. The summed E-state index contributed by atoms with van der Waals surface area (Å²) in [6, 6.07) is 7.72. The van der Waals surface area contributed by atoms with Crippen molar-refractivity contribution in [2.75, 3.05) is 34.2 Å². The lowest BCUT2D eigenvalue weighted by Gasteiger charge is -2.42. The predicted molar refractivity (Wildman–Crippen MR) is 116 cm³/mol. The van der Waals surface area contributed by atoms with Crippen LogP contribution in [0.4, 0.5) is 0 Å². The van der Waals surface area contributed by atoms with Gasteiger partial charge in [0.25, 0.3) is 5.91 Å². The maximum atomic E-state index is 12.8. The standard InChI is InChI=1S/C22H37BN2O3/c1-8-21(9-2)22(10-3,11-4)28-23(27-21)19-14-12-13-18(17-19)20(26)25(7)16-15-24(5)6/h12-14,17H,8-11,15-16H2,1-7H3. The van der Waals surface area contributed by atoms with Crippen molar-refractivity contribution in [1.29, 1.82) is 0 Å². The van der Waals surface area contributed by atoms with E-state index in [0.717, 1.165) is 37.7 Å². The zero-order valence-corrected chi connectivity index (χ0v) is 18.7. The van der Waals surface area contributed by atoms with E-state index >= 15 is 0 Å². The smallest absolute Gasteiger partial charge is 0.399 e. The van der Waals surface area contributed by atoms with Gasteiger partial charge in [0, 0.05) is 25.7 Å². The highest BCUT2D eigenvalue weighted by molar-refractivity contribution is 6.62. The maximum absolute atomic E-state index is 12.8. The molecule has 28 heavy (non-hydrogen) atoms. The minimum atomic E-state index is -0.431. The van der Waals surface area contributed by atoms with Crippen LogP contribution >= 0.6 is 0 Å². The van der Waals surface area contributed by atoms with Crippen LogP contribution in [0, 0.1) is 0 Å². The van der Waals surface area contributed by atoms with E-state index in [0.29, 0.717) is 12.1 Å². The number of carbonyl (C=O) groups excluding carboxylic acids is 1. The van der Waals surface area contributed by atoms with E-state index < -0.39 is 7.12 Å². The molecule has 0 unspecified atom stereocenters. The summed E-state index contributed by atoms with van der Waals surface area (Å²) >= 11 is 0. The van der Waals surface area contributed by atoms with Gasteiger partial charge in [-0.2, -0.15) is 0 Å². The highest BCUT2D eigenvalue weighted by Crippen LogP contribution is 2.46. The first kappa shape index (κ1) is 22.9. The van der Waals surface area contributed by atoms with Crippen LogP contribution < -0.4 is 5.46 Å². The van der Waals surface area contributed by atoms with Crippen molar-refractivity contribution in [3.63, 3.8) is 0 Å². The van der Waals surface area contributed by atoms with Crippen molar-refractivity contribution in [3.8, 4) is 0 Å². The Labute approximate surface area is 171 Å². The number of amides is 1. The summed E-state index contributed by atoms with van der Waals surface area (Å²) in [6.45, 7) is 10.2. The first-order valence-electron chi connectivity index (χ1n) is 10.6. The summed E-state index contributed by atoms with van der Waals surface area (Å²) in [4.78, 5) is 16.7. The second-order valence-corrected chi connectivity index (χ2v) is 8.13. The van der Waals surface area contributed by atoms with Gasteiger partial charge in [0.1, 0.15) is 0 Å². The third kappa shape index (κ3) is 4.29. The molecule has 0 saturated carbocycles. The van der Waals surface area contributed by atoms with Gasteiger partial charge in [-0.3, -0.25) is 4.79 Å². The highest BCUT2D eigenvalue weighted by atomic mass is 16.7. The van der Waals surface area contributed by atoms with E-state index in [1.807, 2.05) is 45.4 Å². The van der Waals surface area contributed by atoms with Crippen LogP contribution in [-0.2, 0) is 9.31 Å². The molecule has 0 spiro atoms. The topological polar surface area (TPSA) is 42.0 Å². The molecule has 1 amide bonds. The molecule has 1 aromatic carbocycles. The molecular weight excluding hydrogens is 351 g/mol. The van der Waals surface area contributed by atoms with Crippen LogP contribution in [0.5, 0.6) is 0 Å². The molecule has 2 rings (SSSR count). The number of nitrogens with zero attached hydrogens (tertiary/aromatic N) is 2. The van der Waals surface area contributed by atoms with E-state index in [2.05, 4.69) is 32.6 Å². The molecule has 5 nitrogen and oxygen atoms in total. The van der Waals surface area contributed by atoms with Crippen molar-refractivity contribution in [1.82, 2.24) is 9.80 Å². The molecule has 1 heterocycles. The summed E-state index contributed by atoms with van der Waals surface area (Å²) in [5.41, 5.74) is 1.02. The summed E-state index contributed by atoms with van der Waals surface area (Å²) in [7, 11) is 5.43. The zero-order chi connectivity index (χ0) is 20.9. The molecule has 0 radical (unpaired) electrons. The molecule has 1 aromatic rings. The number of hydrogen-bond donors (Lipinski definition) is 0. The van der Waals surface area contributed by atoms with Gasteiger partial charge < -0.3 is 19.1 Å². The Hall–Kier alpha value is -1.37. The zero-order valence-electron chi connectivity index (χ0n) is 18.7. The number of benzene rings is 1. The van der Waals surface area contributed by atoms with Gasteiger partial charge in [-0.25, -0.2) is 0 Å². The summed E-state index contributed by atoms with van der Waals surface area (Å²) < 4.78 is 13.1. The molecular formula is C22H37BN2O3. The molecule has 1 aliphatic rings. The number of hydrogen-bond acceptors (Lipinski definition) is 4. The Morgan fingerprint density at radius 2 is 1.46 bits per heavy atom. The van der Waals surface area contributed by atoms with Crippen molar-refractivity contribution >= 4 is 18.5 Å². The Kier molecular flexibility index (Phi) is 7.71. The summed E-state index contributed by atoms with van der Waals surface area (Å²) in [5.74, 6) is 0.0242. The van der Waals surface area contributed by atoms with Crippen LogP contribution in [0.25, 0.3) is 0 Å². The fourth-order valence-corrected chi connectivity index (χ4v) is 4.40. The van der Waals surface area contributed by atoms with Gasteiger partial charge in [-0.15, -0.1) is 0 Å². The normalized spacial score (nSPS) is 17.9. The SMILES string of the molecule is CCC1(CC)OB(c2cccc(C(=O)N(C)CCN(C)C)c2)OC1(CC)CC. The lowest BCUT2D eigenvalue weighted by atomic mass is 9.75. The predicted octanol–water partition coefficient (Wildman–Crippen LogP) is 3.18. The molecule has 1 saturated heterocycles. The molecule has 156 valence electrons. The Bertz CT molecular complexity index is 637. The van der Waals surface area contributed by atoms with E-state index in [9.17, 15) is 4.79 Å². The Morgan fingerprint density at radius 1 is 0.929 bits per heavy atom. The fourth-order valence-electron chi connectivity index (χ4n) is 4.40. The number of rotatable bonds is 9. The quantitative estimate of drug-likeness (QED) is 0.610. The monoisotopic (exact) mass is 388 g/mol. The first-order chi connectivity index (χ1) is 13.3. The molecule has 0 aliphatic carbocycles. The summed E-state index contributed by atoms with van der Waals surface area (Å²) in [5, 5.41) is 0. The van der Waals surface area contributed by atoms with Crippen LogP contribution in [-0.4, -0.2) is 68.3 Å². The molecule has 1 fully saturated rings. The van der Waals surface area contributed by atoms with Gasteiger partial charge in [-0.05, 0) is 57.4 Å². The van der Waals surface area contributed by atoms with Gasteiger partial charge >= 0.3 is 7.12 Å². The lowest BCUT2D eigenvalue weighted by Crippen LogP contribution is -2.50. The van der Waals surface area contributed by atoms with Gasteiger partial charge in [-0.1, -0.05) is 39.8 Å². The van der Waals surface area contributed by atoms with E-state index in [-0.39, 0.29) is 17.1 Å². The van der Waals surface area contributed by atoms with Crippen molar-refractivity contribution < 1.29 is 14.1 Å². The second-order valence-electron chi connectivity index (χ2n) is 8.13. The fraction of sp³-hybridized carbons (Fsp3) is 0.682. The van der Waals surface area contributed by atoms with E-state index in [4.69, 9.17) is 9.31 Å². The van der Waals surface area contributed by atoms with Crippen LogP contribution in [0.2, 0.25) is 0 Å². The van der Waals surface area contributed by atoms with Crippen molar-refractivity contribution in [2.24, 2.45) is 0 Å². The minimum absolute atomic E-state index is 0.0242. The Morgan fingerprint density at radius 3 is 1.93 bits per heavy atom. The van der Waals surface area contributed by atoms with E-state index in [1.165, 1.54) is 0 Å². The molecule has 0 aromatic heterocycles. The number of likely N-dealkylation sites (N-methyl/N-ethyl adjacent to an activating group) is 2. The average molecular weight is 388 g/mol. The van der Waals surface area contributed by atoms with Crippen molar-refractivity contribution in [2.45, 2.75) is 64.6 Å². The van der Waals surface area contributed by atoms with Crippen molar-refractivity contribution in [3.05, 3.63) is 29.8 Å². The summed E-state index contributed by atoms with van der Waals surface area (Å²) in [6.07, 6.45) is 3.64. The Balaban J connectivity index is 2.25. The molecule has 0 N–H and O–H groups in total. The van der Waals surface area contributed by atoms with Gasteiger partial charge in [0.05, 0.1) is 11.2 Å². The maximum Gasteiger partial charge on any atom is 0.494 e. The average Bonchev–Trinajstić information content (AvgIpc) is 3.07. The second kappa shape index (κ2) is 9.42. The molecule has 1 aliphatic heterocycles. The third-order valence-electron chi connectivity index (χ3n) is 6.42. The van der Waals surface area contributed by atoms with Crippen LogP contribution in [0.3, 0.4) is 0 Å². The van der Waals surface area contributed by atoms with Gasteiger partial charge in [0.15, 0.2) is 0 Å². The first-order valence-corrected chi connectivity index (χ1v) is 10.6. The van der Waals surface area contributed by atoms with Gasteiger partial charge in [0.2, 0.25) is 0 Å². The minimum Gasteiger partial charge on any atom is -0.399 e.